The van der Waals surface area contributed by atoms with Gasteiger partial charge in [-0.05, 0) is 17.7 Å². The van der Waals surface area contributed by atoms with Gasteiger partial charge >= 0.3 is 0 Å². The van der Waals surface area contributed by atoms with Crippen LogP contribution in [0.1, 0.15) is 5.56 Å². The summed E-state index contributed by atoms with van der Waals surface area (Å²) < 4.78 is 1.25. The molecule has 2 rings (SSSR count). The first kappa shape index (κ1) is 19.3. The number of aromatic nitrogens is 3. The van der Waals surface area contributed by atoms with Gasteiger partial charge in [-0.1, -0.05) is 12.1 Å². The van der Waals surface area contributed by atoms with E-state index < -0.39 is 0 Å². The zero-order valence-electron chi connectivity index (χ0n) is 12.3. The highest BCUT2D eigenvalue weighted by Gasteiger charge is 2.04. The zero-order chi connectivity index (χ0) is 15.8. The summed E-state index contributed by atoms with van der Waals surface area (Å²) in [7, 11) is 0. The first-order valence-corrected chi connectivity index (χ1v) is 7.72. The molecule has 3 N–H and O–H groups in total. The summed E-state index contributed by atoms with van der Waals surface area (Å²) >= 11 is 11.6. The lowest BCUT2D eigenvalue weighted by Crippen LogP contribution is -2.27. The fraction of sp³-hybridized carbons (Fsp3) is 0.308. The standard InChI is InChI=1S/C13H17Cl2N7.ClH/c14-5-7-21(8-6-15)12-3-1-11(2-4-12)9-17-19-13-20-18-10-22(13)16;/h1-4,9-10H,5-8,16H2,(H,19,20);1H/b17-9-;. The summed E-state index contributed by atoms with van der Waals surface area (Å²) in [5.74, 6) is 7.04. The third-order valence-corrected chi connectivity index (χ3v) is 3.26. The van der Waals surface area contributed by atoms with Crippen LogP contribution in [0.5, 0.6) is 0 Å². The molecule has 0 bridgehead atoms. The maximum Gasteiger partial charge on any atom is 0.263 e. The Balaban J connectivity index is 0.00000264. The van der Waals surface area contributed by atoms with Crippen LogP contribution < -0.4 is 16.2 Å². The van der Waals surface area contributed by atoms with E-state index in [0.717, 1.165) is 24.3 Å². The van der Waals surface area contributed by atoms with Crippen molar-refractivity contribution in [2.75, 3.05) is 41.0 Å². The van der Waals surface area contributed by atoms with Gasteiger partial charge in [-0.15, -0.1) is 45.8 Å². The van der Waals surface area contributed by atoms with Crippen LogP contribution in [0, 0.1) is 0 Å². The minimum Gasteiger partial charge on any atom is -0.369 e. The van der Waals surface area contributed by atoms with E-state index in [4.69, 9.17) is 29.0 Å². The second-order valence-electron chi connectivity index (χ2n) is 4.39. The zero-order valence-corrected chi connectivity index (χ0v) is 14.6. The van der Waals surface area contributed by atoms with Crippen molar-refractivity contribution in [3.05, 3.63) is 36.2 Å². The highest BCUT2D eigenvalue weighted by atomic mass is 35.5. The van der Waals surface area contributed by atoms with Crippen LogP contribution in [0.25, 0.3) is 0 Å². The maximum atomic E-state index is 5.81. The van der Waals surface area contributed by atoms with E-state index in [1.807, 2.05) is 24.3 Å². The molecule has 0 amide bonds. The Labute approximate surface area is 150 Å². The Morgan fingerprint density at radius 2 is 1.87 bits per heavy atom. The van der Waals surface area contributed by atoms with Gasteiger partial charge in [0.25, 0.3) is 5.95 Å². The summed E-state index contributed by atoms with van der Waals surface area (Å²) in [6, 6.07) is 7.93. The van der Waals surface area contributed by atoms with Gasteiger partial charge in [-0.2, -0.15) is 5.10 Å². The molecule has 10 heteroatoms. The van der Waals surface area contributed by atoms with Crippen molar-refractivity contribution in [2.24, 2.45) is 5.10 Å². The van der Waals surface area contributed by atoms with Crippen LogP contribution in [-0.2, 0) is 0 Å². The highest BCUT2D eigenvalue weighted by molar-refractivity contribution is 6.18. The minimum atomic E-state index is 0. The number of hydrazone groups is 1. The first-order valence-electron chi connectivity index (χ1n) is 6.65. The number of alkyl halides is 2. The largest absolute Gasteiger partial charge is 0.369 e. The minimum absolute atomic E-state index is 0. The lowest BCUT2D eigenvalue weighted by Gasteiger charge is -2.22. The van der Waals surface area contributed by atoms with Crippen LogP contribution in [-0.4, -0.2) is 45.9 Å². The topological polar surface area (TPSA) is 84.4 Å². The van der Waals surface area contributed by atoms with Crippen molar-refractivity contribution in [3.63, 3.8) is 0 Å². The molecule has 0 radical (unpaired) electrons. The van der Waals surface area contributed by atoms with Gasteiger partial charge in [0.2, 0.25) is 0 Å². The molecule has 1 heterocycles. The summed E-state index contributed by atoms with van der Waals surface area (Å²) in [6.45, 7) is 1.52. The van der Waals surface area contributed by atoms with Crippen molar-refractivity contribution in [3.8, 4) is 0 Å². The fourth-order valence-corrected chi connectivity index (χ4v) is 2.24. The molecular formula is C13H18Cl3N7. The number of halogens is 3. The third kappa shape index (κ3) is 5.78. The number of nitrogen functional groups attached to an aromatic ring is 1. The number of hydrogen-bond donors (Lipinski definition) is 2. The van der Waals surface area contributed by atoms with Gasteiger partial charge < -0.3 is 10.7 Å². The van der Waals surface area contributed by atoms with Gasteiger partial charge in [0, 0.05) is 30.5 Å². The summed E-state index contributed by atoms with van der Waals surface area (Å²) in [5, 5.41) is 11.5. The molecule has 1 aromatic carbocycles. The molecule has 0 unspecified atom stereocenters. The SMILES string of the molecule is Cl.Nn1cnnc1N/N=C\c1ccc(N(CCCl)CCCl)cc1. The Bertz CT molecular complexity index is 594. The first-order chi connectivity index (χ1) is 10.7. The average molecular weight is 379 g/mol. The number of anilines is 2. The molecule has 0 aliphatic heterocycles. The average Bonchev–Trinajstić information content (AvgIpc) is 2.93. The van der Waals surface area contributed by atoms with Gasteiger partial charge in [0.1, 0.15) is 6.33 Å². The Morgan fingerprint density at radius 1 is 1.22 bits per heavy atom. The molecule has 2 aromatic rings. The molecule has 7 nitrogen and oxygen atoms in total. The molecule has 1 aromatic heterocycles. The summed E-state index contributed by atoms with van der Waals surface area (Å²) in [4.78, 5) is 2.13. The highest BCUT2D eigenvalue weighted by Crippen LogP contribution is 2.15. The van der Waals surface area contributed by atoms with Gasteiger partial charge in [0.15, 0.2) is 0 Å². The molecule has 0 saturated carbocycles. The van der Waals surface area contributed by atoms with Gasteiger partial charge in [0.05, 0.1) is 6.21 Å². The quantitative estimate of drug-likeness (QED) is 0.318. The van der Waals surface area contributed by atoms with E-state index in [1.165, 1.54) is 11.0 Å². The summed E-state index contributed by atoms with van der Waals surface area (Å²) in [6.07, 6.45) is 3.06. The lowest BCUT2D eigenvalue weighted by molar-refractivity contribution is 0.874. The lowest BCUT2D eigenvalue weighted by atomic mass is 10.2. The van der Waals surface area contributed by atoms with Gasteiger partial charge in [-0.3, -0.25) is 0 Å². The van der Waals surface area contributed by atoms with Crippen molar-refractivity contribution in [1.29, 1.82) is 0 Å². The van der Waals surface area contributed by atoms with Crippen molar-refractivity contribution < 1.29 is 0 Å². The smallest absolute Gasteiger partial charge is 0.263 e. The number of nitrogens with zero attached hydrogens (tertiary/aromatic N) is 5. The third-order valence-electron chi connectivity index (χ3n) is 2.92. The second kappa shape index (κ2) is 10.1. The molecule has 0 aliphatic rings. The van der Waals surface area contributed by atoms with E-state index in [-0.39, 0.29) is 12.4 Å². The van der Waals surface area contributed by atoms with Crippen LogP contribution in [0.15, 0.2) is 35.7 Å². The Hall–Kier alpha value is -1.70. The van der Waals surface area contributed by atoms with E-state index >= 15 is 0 Å². The van der Waals surface area contributed by atoms with Crippen LogP contribution in [0.3, 0.4) is 0 Å². The second-order valence-corrected chi connectivity index (χ2v) is 5.14. The Morgan fingerprint density at radius 3 is 2.39 bits per heavy atom. The molecular weight excluding hydrogens is 361 g/mol. The number of nitrogens with two attached hydrogens (primary N) is 1. The van der Waals surface area contributed by atoms with E-state index in [9.17, 15) is 0 Å². The van der Waals surface area contributed by atoms with Crippen LogP contribution >= 0.6 is 35.6 Å². The monoisotopic (exact) mass is 377 g/mol. The normalized spacial score (nSPS) is 10.5. The van der Waals surface area contributed by atoms with Crippen molar-refractivity contribution >= 4 is 53.5 Å². The summed E-state index contributed by atoms with van der Waals surface area (Å²) in [5.41, 5.74) is 4.73. The van der Waals surface area contributed by atoms with Crippen LogP contribution in [0.4, 0.5) is 11.6 Å². The molecule has 0 aliphatic carbocycles. The van der Waals surface area contributed by atoms with Crippen molar-refractivity contribution in [2.45, 2.75) is 0 Å². The van der Waals surface area contributed by atoms with Crippen LogP contribution in [0.2, 0.25) is 0 Å². The fourth-order valence-electron chi connectivity index (χ4n) is 1.83. The predicted octanol–water partition coefficient (Wildman–Crippen LogP) is 2.14. The molecule has 126 valence electrons. The van der Waals surface area contributed by atoms with Crippen molar-refractivity contribution in [1.82, 2.24) is 14.9 Å². The molecule has 23 heavy (non-hydrogen) atoms. The maximum absolute atomic E-state index is 5.81. The van der Waals surface area contributed by atoms with Gasteiger partial charge in [-0.25, -0.2) is 10.1 Å². The molecule has 0 saturated heterocycles. The Kier molecular flexibility index (Phi) is 8.53. The molecule has 0 spiro atoms. The number of rotatable bonds is 8. The van der Waals surface area contributed by atoms with E-state index in [1.54, 1.807) is 6.21 Å². The van der Waals surface area contributed by atoms with E-state index in [0.29, 0.717) is 17.7 Å². The number of nitrogens with one attached hydrogen (secondary N) is 1. The number of benzene rings is 1. The molecule has 0 fully saturated rings. The molecule has 0 atom stereocenters. The predicted molar refractivity (Wildman–Crippen MR) is 98.7 cm³/mol. The van der Waals surface area contributed by atoms with E-state index in [2.05, 4.69) is 25.6 Å². The number of hydrogen-bond acceptors (Lipinski definition) is 6.